The molecule has 3 unspecified atom stereocenters. The molecule has 9 N–H and O–H groups in total. The molecule has 0 aromatic carbocycles. The number of hydrogen-bond acceptors (Lipinski definition) is 9. The lowest BCUT2D eigenvalue weighted by Crippen LogP contribution is -2.01. The fraction of sp³-hybridized carbons (Fsp3) is 1.00. The molecule has 0 aromatic rings. The molecule has 3 radical (unpaired) electrons. The zero-order chi connectivity index (χ0) is 19.2. The summed E-state index contributed by atoms with van der Waals surface area (Å²) in [7, 11) is -8.14. The second kappa shape index (κ2) is 29.6. The van der Waals surface area contributed by atoms with Gasteiger partial charge in [-0.3, -0.25) is 13.7 Å². The van der Waals surface area contributed by atoms with Crippen molar-refractivity contribution >= 4 is 42.1 Å². The Hall–Kier alpha value is 0.862. The monoisotopic (exact) mass is 444 g/mol. The van der Waals surface area contributed by atoms with Gasteiger partial charge >= 0.3 is 24.8 Å². The fourth-order valence-corrected chi connectivity index (χ4v) is 1.69. The Balaban J connectivity index is -0.000000130. The number of rotatable bonds is 12. The molecule has 0 aromatic heterocycles. The van der Waals surface area contributed by atoms with E-state index in [2.05, 4.69) is 13.6 Å². The third-order valence-corrected chi connectivity index (χ3v) is 3.08. The zero-order valence-electron chi connectivity index (χ0n) is 14.0. The Morgan fingerprint density at radius 1 is 0.600 bits per heavy atom. The van der Waals surface area contributed by atoms with E-state index in [0.717, 1.165) is 0 Å². The molecular weight excluding hydrogens is 414 g/mol. The van der Waals surface area contributed by atoms with E-state index >= 15 is 0 Å². The van der Waals surface area contributed by atoms with Gasteiger partial charge in [0.2, 0.25) is 0 Å². The maximum atomic E-state index is 9.80. The van der Waals surface area contributed by atoms with Crippen LogP contribution in [0.5, 0.6) is 0 Å². The summed E-state index contributed by atoms with van der Waals surface area (Å²) in [5, 5.41) is 0. The van der Waals surface area contributed by atoms with E-state index in [-0.39, 0.29) is 37.2 Å². The summed E-state index contributed by atoms with van der Waals surface area (Å²) >= 11 is 0. The van der Waals surface area contributed by atoms with Crippen molar-refractivity contribution in [2.45, 2.75) is 19.3 Å². The first-order valence-electron chi connectivity index (χ1n) is 6.99. The van der Waals surface area contributed by atoms with Crippen LogP contribution in [0.15, 0.2) is 0 Å². The van der Waals surface area contributed by atoms with E-state index in [0.29, 0.717) is 38.9 Å². The second-order valence-electron chi connectivity index (χ2n) is 3.77. The molecule has 16 heteroatoms. The highest BCUT2D eigenvalue weighted by molar-refractivity contribution is 7.32. The number of hydrogen-bond donors (Lipinski definition) is 6. The fourth-order valence-electron chi connectivity index (χ4n) is 0.728. The van der Waals surface area contributed by atoms with Crippen molar-refractivity contribution in [3.05, 3.63) is 0 Å². The molecule has 0 heterocycles. The van der Waals surface area contributed by atoms with Crippen LogP contribution < -0.4 is 17.2 Å². The van der Waals surface area contributed by atoms with Crippen molar-refractivity contribution in [1.82, 2.24) is 0 Å². The van der Waals surface area contributed by atoms with Gasteiger partial charge in [0.15, 0.2) is 0 Å². The van der Waals surface area contributed by atoms with Gasteiger partial charge in [-0.2, -0.15) is 0 Å². The molecule has 0 saturated heterocycles. The molecule has 0 aliphatic heterocycles. The van der Waals surface area contributed by atoms with Gasteiger partial charge in [0.1, 0.15) is 0 Å². The van der Waals surface area contributed by atoms with Crippen LogP contribution in [0.25, 0.3) is 0 Å². The Bertz CT molecular complexity index is 284. The highest BCUT2D eigenvalue weighted by atomic mass is 31.1. The van der Waals surface area contributed by atoms with Crippen LogP contribution in [0.4, 0.5) is 0 Å². The standard InChI is InChI=1S/3C3H10NO3P.Al/c3*4-2-1-3-7-8(5)6;/h3*8H,1-4H2,(H,5,6);. The molecule has 153 valence electrons. The van der Waals surface area contributed by atoms with Crippen LogP contribution in [0.1, 0.15) is 19.3 Å². The highest BCUT2D eigenvalue weighted by Gasteiger charge is 1.89. The van der Waals surface area contributed by atoms with Gasteiger partial charge < -0.3 is 45.5 Å². The Morgan fingerprint density at radius 2 is 0.800 bits per heavy atom. The SMILES string of the molecule is NCCCO[PH](=O)O.NCCCO[PH](=O)O.NCCCO[PH](=O)O.[Al]. The molecular formula is C9H30AlN3O9P3. The largest absolute Gasteiger partial charge is 0.330 e. The summed E-state index contributed by atoms with van der Waals surface area (Å²) in [5.41, 5.74) is 15.2. The minimum Gasteiger partial charge on any atom is -0.330 e. The lowest BCUT2D eigenvalue weighted by Gasteiger charge is -1.94. The van der Waals surface area contributed by atoms with Crippen molar-refractivity contribution in [2.75, 3.05) is 39.5 Å². The maximum Gasteiger partial charge on any atom is 0.316 e. The molecule has 12 nitrogen and oxygen atoms in total. The lowest BCUT2D eigenvalue weighted by molar-refractivity contribution is 0.278. The first-order valence-corrected chi connectivity index (χ1v) is 10.8. The first kappa shape index (κ1) is 33.4. The quantitative estimate of drug-likeness (QED) is 0.119. The van der Waals surface area contributed by atoms with Crippen molar-refractivity contribution in [3.8, 4) is 0 Å². The third kappa shape index (κ3) is 51.6. The molecule has 3 atom stereocenters. The molecule has 0 fully saturated rings. The van der Waals surface area contributed by atoms with Gasteiger partial charge in [0.05, 0.1) is 19.8 Å². The molecule has 0 aliphatic rings. The average molecular weight is 444 g/mol. The van der Waals surface area contributed by atoms with Gasteiger partial charge in [0, 0.05) is 17.4 Å². The Labute approximate surface area is 160 Å². The van der Waals surface area contributed by atoms with Gasteiger partial charge in [-0.15, -0.1) is 0 Å². The van der Waals surface area contributed by atoms with E-state index < -0.39 is 24.8 Å². The highest BCUT2D eigenvalue weighted by Crippen LogP contribution is 2.14. The van der Waals surface area contributed by atoms with Crippen LogP contribution in [-0.4, -0.2) is 71.5 Å². The Kier molecular flexibility index (Phi) is 39.6. The van der Waals surface area contributed by atoms with Crippen molar-refractivity contribution in [2.24, 2.45) is 17.2 Å². The lowest BCUT2D eigenvalue weighted by atomic mass is 10.5. The molecule has 0 saturated carbocycles. The summed E-state index contributed by atoms with van der Waals surface area (Å²) in [4.78, 5) is 24.2. The minimum absolute atomic E-state index is 0. The summed E-state index contributed by atoms with van der Waals surface area (Å²) < 4.78 is 42.3. The van der Waals surface area contributed by atoms with Crippen LogP contribution in [0.3, 0.4) is 0 Å². The van der Waals surface area contributed by atoms with Crippen molar-refractivity contribution < 1.29 is 41.9 Å². The smallest absolute Gasteiger partial charge is 0.316 e. The molecule has 0 spiro atoms. The van der Waals surface area contributed by atoms with E-state index in [1.807, 2.05) is 0 Å². The van der Waals surface area contributed by atoms with Crippen LogP contribution in [0.2, 0.25) is 0 Å². The van der Waals surface area contributed by atoms with E-state index in [9.17, 15) is 13.7 Å². The van der Waals surface area contributed by atoms with Crippen LogP contribution in [-0.2, 0) is 27.3 Å². The van der Waals surface area contributed by atoms with E-state index in [1.165, 1.54) is 0 Å². The van der Waals surface area contributed by atoms with Crippen molar-refractivity contribution in [1.29, 1.82) is 0 Å². The predicted molar refractivity (Wildman–Crippen MR) is 98.3 cm³/mol. The Morgan fingerprint density at radius 3 is 0.920 bits per heavy atom. The molecule has 0 rings (SSSR count). The van der Waals surface area contributed by atoms with Gasteiger partial charge in [-0.05, 0) is 38.9 Å². The summed E-state index contributed by atoms with van der Waals surface area (Å²) in [6.45, 7) is 2.33. The van der Waals surface area contributed by atoms with Gasteiger partial charge in [0.25, 0.3) is 0 Å². The summed E-state index contributed by atoms with van der Waals surface area (Å²) in [6, 6.07) is 0. The minimum atomic E-state index is -2.71. The van der Waals surface area contributed by atoms with Gasteiger partial charge in [-0.1, -0.05) is 0 Å². The average Bonchev–Trinajstić information content (AvgIpc) is 2.48. The molecule has 0 aliphatic carbocycles. The topological polar surface area (TPSA) is 218 Å². The number of nitrogens with two attached hydrogens (primary N) is 3. The summed E-state index contributed by atoms with van der Waals surface area (Å²) in [6.07, 6.45) is 1.91. The third-order valence-electron chi connectivity index (χ3n) is 1.72. The predicted octanol–water partition coefficient (Wildman–Crippen LogP) is -1.18. The maximum absolute atomic E-state index is 9.80. The van der Waals surface area contributed by atoms with Crippen LogP contribution >= 0.6 is 24.8 Å². The molecule has 25 heavy (non-hydrogen) atoms. The second-order valence-corrected chi connectivity index (χ2v) is 6.23. The first-order chi connectivity index (χ1) is 11.3. The van der Waals surface area contributed by atoms with Gasteiger partial charge in [-0.25, -0.2) is 0 Å². The van der Waals surface area contributed by atoms with Crippen LogP contribution in [0, 0.1) is 0 Å². The molecule has 0 amide bonds. The normalized spacial score (nSPS) is 13.2. The van der Waals surface area contributed by atoms with E-state index in [1.54, 1.807) is 0 Å². The van der Waals surface area contributed by atoms with Crippen molar-refractivity contribution in [3.63, 3.8) is 0 Å². The summed E-state index contributed by atoms with van der Waals surface area (Å²) in [5.74, 6) is 0. The zero-order valence-corrected chi connectivity index (χ0v) is 18.1. The molecule has 0 bridgehead atoms. The van der Waals surface area contributed by atoms with E-state index in [4.69, 9.17) is 31.9 Å².